The molecule has 0 bridgehead atoms. The molecule has 6 heteroatoms. The van der Waals surface area contributed by atoms with Gasteiger partial charge >= 0.3 is 0 Å². The molecule has 0 saturated carbocycles. The molecule has 0 radical (unpaired) electrons. The van der Waals surface area contributed by atoms with Crippen LogP contribution in [0.3, 0.4) is 0 Å². The Morgan fingerprint density at radius 3 is 2.09 bits per heavy atom. The van der Waals surface area contributed by atoms with Crippen LogP contribution < -0.4 is 0 Å². The van der Waals surface area contributed by atoms with Gasteiger partial charge in [-0.1, -0.05) is 48.5 Å². The molecule has 5 aromatic rings. The van der Waals surface area contributed by atoms with Crippen molar-refractivity contribution in [2.45, 2.75) is 6.42 Å². The van der Waals surface area contributed by atoms with Crippen LogP contribution in [0.15, 0.2) is 85.1 Å². The lowest BCUT2D eigenvalue weighted by molar-refractivity contribution is 0.442. The topological polar surface area (TPSA) is 90.9 Å². The van der Waals surface area contributed by atoms with Gasteiger partial charge in [0.25, 0.3) is 0 Å². The van der Waals surface area contributed by atoms with Crippen molar-refractivity contribution in [2.75, 3.05) is 0 Å². The summed E-state index contributed by atoms with van der Waals surface area (Å²) in [7, 11) is 0. The monoisotopic (exact) mass is 435 g/mol. The third-order valence-corrected chi connectivity index (χ3v) is 5.38. The van der Waals surface area contributed by atoms with Crippen LogP contribution >= 0.6 is 0 Å². The highest BCUT2D eigenvalue weighted by Gasteiger charge is 2.17. The van der Waals surface area contributed by atoms with Crippen LogP contribution in [0.4, 0.5) is 0 Å². The number of hydrogen-bond donors (Lipinski definition) is 3. The Morgan fingerprint density at radius 1 is 0.727 bits per heavy atom. The molecule has 33 heavy (non-hydrogen) atoms. The summed E-state index contributed by atoms with van der Waals surface area (Å²) in [5, 5.41) is 30.2. The van der Waals surface area contributed by atoms with Crippen LogP contribution in [0.2, 0.25) is 0 Å². The van der Waals surface area contributed by atoms with E-state index in [1.807, 2.05) is 42.5 Å². The number of phenols is 2. The lowest BCUT2D eigenvalue weighted by Gasteiger charge is -2.06. The van der Waals surface area contributed by atoms with Crippen molar-refractivity contribution in [3.05, 3.63) is 108 Å². The molecule has 5 rings (SSSR count). The Hall–Kier alpha value is -4.58. The molecule has 0 saturated heterocycles. The highest BCUT2D eigenvalue weighted by Crippen LogP contribution is 2.29. The molecule has 3 N–H and O–H groups in total. The van der Waals surface area contributed by atoms with Gasteiger partial charge in [0.1, 0.15) is 22.9 Å². The normalized spacial score (nSPS) is 11.4. The van der Waals surface area contributed by atoms with E-state index in [9.17, 15) is 15.3 Å². The van der Waals surface area contributed by atoms with Gasteiger partial charge < -0.3 is 15.3 Å². The highest BCUT2D eigenvalue weighted by molar-refractivity contribution is 5.77. The summed E-state index contributed by atoms with van der Waals surface area (Å²) >= 11 is 0. The van der Waals surface area contributed by atoms with Gasteiger partial charge in [-0.25, -0.2) is 9.97 Å². The van der Waals surface area contributed by atoms with E-state index in [1.54, 1.807) is 59.1 Å². The van der Waals surface area contributed by atoms with Crippen molar-refractivity contribution < 1.29 is 15.3 Å². The van der Waals surface area contributed by atoms with Crippen molar-refractivity contribution in [1.82, 2.24) is 14.4 Å². The summed E-state index contributed by atoms with van der Waals surface area (Å²) in [6.07, 6.45) is 5.98. The van der Waals surface area contributed by atoms with E-state index < -0.39 is 0 Å². The highest BCUT2D eigenvalue weighted by atomic mass is 16.3. The lowest BCUT2D eigenvalue weighted by Crippen LogP contribution is -1.95. The van der Waals surface area contributed by atoms with E-state index in [0.717, 1.165) is 16.7 Å². The molecule has 0 fully saturated rings. The van der Waals surface area contributed by atoms with E-state index in [1.165, 1.54) is 0 Å². The van der Waals surface area contributed by atoms with Crippen molar-refractivity contribution in [1.29, 1.82) is 0 Å². The third kappa shape index (κ3) is 4.27. The molecule has 0 amide bonds. The second-order valence-corrected chi connectivity index (χ2v) is 7.72. The first-order valence-electron chi connectivity index (χ1n) is 10.5. The number of fused-ring (bicyclic) bond motifs is 1. The van der Waals surface area contributed by atoms with E-state index >= 15 is 0 Å². The van der Waals surface area contributed by atoms with Crippen LogP contribution in [0.25, 0.3) is 29.1 Å². The average molecular weight is 435 g/mol. The minimum Gasteiger partial charge on any atom is -0.508 e. The van der Waals surface area contributed by atoms with Gasteiger partial charge in [0.15, 0.2) is 5.65 Å². The number of imidazole rings is 1. The Kier molecular flexibility index (Phi) is 5.24. The standard InChI is InChI=1S/C27H21N3O3/c31-21-11-6-19(7-12-21)16-24-27(33)30-17-25(20-9-13-22(32)14-10-20)28-23(26(30)29-24)15-8-18-4-2-1-3-5-18/h1-15,17,31-33H,16H2/b15-8-. The average Bonchev–Trinajstić information content (AvgIpc) is 3.15. The zero-order valence-corrected chi connectivity index (χ0v) is 17.6. The second kappa shape index (κ2) is 8.51. The maximum atomic E-state index is 11.0. The summed E-state index contributed by atoms with van der Waals surface area (Å²) < 4.78 is 1.63. The fourth-order valence-electron chi connectivity index (χ4n) is 3.65. The van der Waals surface area contributed by atoms with E-state index in [-0.39, 0.29) is 17.4 Å². The summed E-state index contributed by atoms with van der Waals surface area (Å²) in [5.74, 6) is 0.398. The molecule has 3 aromatic carbocycles. The minimum absolute atomic E-state index is 0.0369. The molecule has 0 spiro atoms. The van der Waals surface area contributed by atoms with Crippen molar-refractivity contribution >= 4 is 17.8 Å². The zero-order chi connectivity index (χ0) is 22.8. The van der Waals surface area contributed by atoms with Crippen molar-refractivity contribution in [3.63, 3.8) is 0 Å². The zero-order valence-electron chi connectivity index (χ0n) is 17.6. The maximum Gasteiger partial charge on any atom is 0.219 e. The first-order chi connectivity index (χ1) is 16.1. The Bertz CT molecular complexity index is 1440. The molecule has 2 heterocycles. The van der Waals surface area contributed by atoms with Crippen LogP contribution in [0, 0.1) is 0 Å². The molecule has 0 atom stereocenters. The van der Waals surface area contributed by atoms with Crippen LogP contribution in [-0.4, -0.2) is 29.7 Å². The number of benzene rings is 3. The fourth-order valence-corrected chi connectivity index (χ4v) is 3.65. The Labute approximate surface area is 190 Å². The molecule has 0 unspecified atom stereocenters. The van der Waals surface area contributed by atoms with Gasteiger partial charge in [-0.05, 0) is 53.6 Å². The van der Waals surface area contributed by atoms with Crippen molar-refractivity contribution in [3.8, 4) is 28.6 Å². The fraction of sp³-hybridized carbons (Fsp3) is 0.0370. The SMILES string of the molecule is Oc1ccc(Cc2nc3c(/C=C\c4ccccc4)nc(-c4ccc(O)cc4)cn3c2O)cc1. The lowest BCUT2D eigenvalue weighted by atomic mass is 10.1. The predicted octanol–water partition coefficient (Wildman–Crippen LogP) is 5.27. The molecule has 0 aliphatic carbocycles. The second-order valence-electron chi connectivity index (χ2n) is 7.72. The molecule has 2 aromatic heterocycles. The first-order valence-corrected chi connectivity index (χ1v) is 10.5. The molecular formula is C27H21N3O3. The number of aromatic hydroxyl groups is 3. The Morgan fingerprint density at radius 2 is 1.39 bits per heavy atom. The number of aromatic nitrogens is 3. The van der Waals surface area contributed by atoms with Crippen LogP contribution in [0.1, 0.15) is 22.5 Å². The van der Waals surface area contributed by atoms with E-state index in [4.69, 9.17) is 4.98 Å². The van der Waals surface area contributed by atoms with Gasteiger partial charge in [-0.15, -0.1) is 0 Å². The smallest absolute Gasteiger partial charge is 0.219 e. The minimum atomic E-state index is 0.0369. The van der Waals surface area contributed by atoms with E-state index in [0.29, 0.717) is 29.1 Å². The molecule has 0 aliphatic rings. The first kappa shape index (κ1) is 20.3. The molecule has 6 nitrogen and oxygen atoms in total. The van der Waals surface area contributed by atoms with Crippen molar-refractivity contribution in [2.24, 2.45) is 0 Å². The number of phenolic OH excluding ortho intramolecular Hbond substituents is 2. The van der Waals surface area contributed by atoms with Gasteiger partial charge in [-0.3, -0.25) is 4.40 Å². The van der Waals surface area contributed by atoms with Gasteiger partial charge in [-0.2, -0.15) is 0 Å². The largest absolute Gasteiger partial charge is 0.508 e. The Balaban J connectivity index is 1.63. The third-order valence-electron chi connectivity index (χ3n) is 5.38. The van der Waals surface area contributed by atoms with Gasteiger partial charge in [0, 0.05) is 18.2 Å². The number of rotatable bonds is 5. The number of nitrogens with zero attached hydrogens (tertiary/aromatic N) is 3. The van der Waals surface area contributed by atoms with Gasteiger partial charge in [0.2, 0.25) is 5.88 Å². The van der Waals surface area contributed by atoms with Crippen LogP contribution in [0.5, 0.6) is 17.4 Å². The summed E-state index contributed by atoms with van der Waals surface area (Å²) in [5.41, 5.74) is 5.04. The van der Waals surface area contributed by atoms with Crippen LogP contribution in [-0.2, 0) is 6.42 Å². The molecule has 162 valence electrons. The summed E-state index contributed by atoms with van der Waals surface area (Å²) in [6, 6.07) is 23.5. The summed E-state index contributed by atoms with van der Waals surface area (Å²) in [4.78, 5) is 9.48. The quantitative estimate of drug-likeness (QED) is 0.350. The van der Waals surface area contributed by atoms with E-state index in [2.05, 4.69) is 4.98 Å². The molecular weight excluding hydrogens is 414 g/mol. The van der Waals surface area contributed by atoms with Gasteiger partial charge in [0.05, 0.1) is 5.69 Å². The maximum absolute atomic E-state index is 11.0. The number of hydrogen-bond acceptors (Lipinski definition) is 5. The summed E-state index contributed by atoms with van der Waals surface area (Å²) in [6.45, 7) is 0. The predicted molar refractivity (Wildman–Crippen MR) is 128 cm³/mol. The molecule has 0 aliphatic heterocycles.